The first kappa shape index (κ1) is 16.5. The van der Waals surface area contributed by atoms with Gasteiger partial charge in [0.25, 0.3) is 0 Å². The van der Waals surface area contributed by atoms with Gasteiger partial charge in [-0.2, -0.15) is 4.98 Å². The number of methoxy groups -OCH3 is 2. The van der Waals surface area contributed by atoms with E-state index in [-0.39, 0.29) is 0 Å². The molecule has 7 heteroatoms. The minimum Gasteiger partial charge on any atom is -0.474 e. The molecule has 1 heterocycles. The summed E-state index contributed by atoms with van der Waals surface area (Å²) in [5, 5.41) is 3.13. The summed E-state index contributed by atoms with van der Waals surface area (Å²) in [6, 6.07) is 0. The summed E-state index contributed by atoms with van der Waals surface area (Å²) < 4.78 is 15.5. The molecule has 0 aliphatic heterocycles. The van der Waals surface area contributed by atoms with E-state index in [0.29, 0.717) is 49.6 Å². The van der Waals surface area contributed by atoms with Crippen molar-refractivity contribution in [3.63, 3.8) is 0 Å². The highest BCUT2D eigenvalue weighted by Gasteiger charge is 2.12. The predicted octanol–water partition coefficient (Wildman–Crippen LogP) is 1.09. The molecule has 0 saturated heterocycles. The van der Waals surface area contributed by atoms with E-state index in [0.717, 1.165) is 12.8 Å². The Labute approximate surface area is 119 Å². The zero-order valence-electron chi connectivity index (χ0n) is 12.4. The first-order valence-electron chi connectivity index (χ1n) is 6.73. The number of hydrogen-bond acceptors (Lipinski definition) is 7. The minimum absolute atomic E-state index is 0.403. The number of nitrogens with one attached hydrogen (secondary N) is 1. The molecule has 1 aromatic rings. The highest BCUT2D eigenvalue weighted by Crippen LogP contribution is 2.26. The van der Waals surface area contributed by atoms with Crippen molar-refractivity contribution < 1.29 is 14.2 Å². The number of aromatic nitrogens is 2. The summed E-state index contributed by atoms with van der Waals surface area (Å²) in [5.41, 5.74) is 6.43. The van der Waals surface area contributed by atoms with Crippen LogP contribution in [0.1, 0.15) is 19.2 Å². The van der Waals surface area contributed by atoms with E-state index in [9.17, 15) is 0 Å². The number of ether oxygens (including phenoxy) is 3. The fourth-order valence-corrected chi connectivity index (χ4v) is 1.57. The standard InChI is InChI=1S/C13H24N4O3/c1-4-5-10-16-12(15-6-7-18-2)11(14)13(17-10)20-9-8-19-3/h4-9,14H2,1-3H3,(H,15,16,17). The summed E-state index contributed by atoms with van der Waals surface area (Å²) >= 11 is 0. The Morgan fingerprint density at radius 3 is 2.50 bits per heavy atom. The first-order chi connectivity index (χ1) is 9.72. The lowest BCUT2D eigenvalue weighted by Gasteiger charge is -2.13. The fourth-order valence-electron chi connectivity index (χ4n) is 1.57. The lowest BCUT2D eigenvalue weighted by molar-refractivity contribution is 0.144. The molecule has 1 rings (SSSR count). The predicted molar refractivity (Wildman–Crippen MR) is 78.2 cm³/mol. The Morgan fingerprint density at radius 1 is 1.10 bits per heavy atom. The van der Waals surface area contributed by atoms with Crippen LogP contribution in [0.4, 0.5) is 11.5 Å². The second-order valence-electron chi connectivity index (χ2n) is 4.22. The van der Waals surface area contributed by atoms with Crippen molar-refractivity contribution in [1.29, 1.82) is 0 Å². The van der Waals surface area contributed by atoms with Crippen LogP contribution in [0.15, 0.2) is 0 Å². The maximum absolute atomic E-state index is 6.02. The van der Waals surface area contributed by atoms with E-state index in [2.05, 4.69) is 22.2 Å². The van der Waals surface area contributed by atoms with Crippen LogP contribution >= 0.6 is 0 Å². The van der Waals surface area contributed by atoms with E-state index in [1.54, 1.807) is 14.2 Å². The summed E-state index contributed by atoms with van der Waals surface area (Å²) in [4.78, 5) is 8.75. The van der Waals surface area contributed by atoms with Crippen LogP contribution in [0.2, 0.25) is 0 Å². The van der Waals surface area contributed by atoms with Gasteiger partial charge in [0.1, 0.15) is 18.1 Å². The highest BCUT2D eigenvalue weighted by molar-refractivity contribution is 5.66. The molecule has 7 nitrogen and oxygen atoms in total. The number of nitrogens with two attached hydrogens (primary N) is 1. The Hall–Kier alpha value is -1.60. The number of hydrogen-bond donors (Lipinski definition) is 2. The minimum atomic E-state index is 0.403. The van der Waals surface area contributed by atoms with E-state index >= 15 is 0 Å². The number of nitrogens with zero attached hydrogens (tertiary/aromatic N) is 2. The second kappa shape index (κ2) is 9.33. The van der Waals surface area contributed by atoms with Crippen molar-refractivity contribution >= 4 is 11.5 Å². The number of aryl methyl sites for hydroxylation is 1. The molecule has 0 unspecified atom stereocenters. The first-order valence-corrected chi connectivity index (χ1v) is 6.73. The van der Waals surface area contributed by atoms with Crippen LogP contribution in [-0.4, -0.2) is 50.6 Å². The Balaban J connectivity index is 2.83. The summed E-state index contributed by atoms with van der Waals surface area (Å²) in [6.07, 6.45) is 1.73. The third kappa shape index (κ3) is 5.18. The van der Waals surface area contributed by atoms with Gasteiger partial charge in [0.2, 0.25) is 5.88 Å². The van der Waals surface area contributed by atoms with Gasteiger partial charge in [0.15, 0.2) is 5.82 Å². The van der Waals surface area contributed by atoms with Crippen LogP contribution in [0.3, 0.4) is 0 Å². The maximum Gasteiger partial charge on any atom is 0.242 e. The van der Waals surface area contributed by atoms with Gasteiger partial charge in [-0.15, -0.1) is 0 Å². The third-order valence-corrected chi connectivity index (χ3v) is 2.56. The lowest BCUT2D eigenvalue weighted by atomic mass is 10.3. The molecule has 20 heavy (non-hydrogen) atoms. The zero-order chi connectivity index (χ0) is 14.8. The Kier molecular flexibility index (Phi) is 7.67. The van der Waals surface area contributed by atoms with Crippen LogP contribution < -0.4 is 15.8 Å². The average molecular weight is 284 g/mol. The van der Waals surface area contributed by atoms with Crippen molar-refractivity contribution in [2.75, 3.05) is 51.6 Å². The van der Waals surface area contributed by atoms with E-state index < -0.39 is 0 Å². The van der Waals surface area contributed by atoms with Gasteiger partial charge >= 0.3 is 0 Å². The largest absolute Gasteiger partial charge is 0.474 e. The molecule has 0 bridgehead atoms. The van der Waals surface area contributed by atoms with Crippen molar-refractivity contribution in [3.05, 3.63) is 5.82 Å². The lowest BCUT2D eigenvalue weighted by Crippen LogP contribution is -2.15. The molecule has 0 aliphatic carbocycles. The molecule has 0 radical (unpaired) electrons. The van der Waals surface area contributed by atoms with Gasteiger partial charge in [0.05, 0.1) is 13.2 Å². The van der Waals surface area contributed by atoms with Crippen LogP contribution in [0.25, 0.3) is 0 Å². The van der Waals surface area contributed by atoms with Crippen molar-refractivity contribution in [1.82, 2.24) is 9.97 Å². The molecule has 0 fully saturated rings. The normalized spacial score (nSPS) is 10.6. The zero-order valence-corrected chi connectivity index (χ0v) is 12.4. The quantitative estimate of drug-likeness (QED) is 0.621. The fraction of sp³-hybridized carbons (Fsp3) is 0.692. The van der Waals surface area contributed by atoms with Gasteiger partial charge in [0, 0.05) is 27.2 Å². The van der Waals surface area contributed by atoms with Crippen LogP contribution in [0, 0.1) is 0 Å². The van der Waals surface area contributed by atoms with Crippen LogP contribution in [-0.2, 0) is 15.9 Å². The average Bonchev–Trinajstić information content (AvgIpc) is 2.44. The van der Waals surface area contributed by atoms with Gasteiger partial charge in [-0.1, -0.05) is 6.92 Å². The molecular weight excluding hydrogens is 260 g/mol. The Bertz CT molecular complexity index is 370. The van der Waals surface area contributed by atoms with Gasteiger partial charge in [-0.3, -0.25) is 0 Å². The molecule has 0 spiro atoms. The van der Waals surface area contributed by atoms with Gasteiger partial charge in [-0.25, -0.2) is 4.98 Å². The summed E-state index contributed by atoms with van der Waals surface area (Å²) in [6.45, 7) is 4.16. The van der Waals surface area contributed by atoms with E-state index in [4.69, 9.17) is 19.9 Å². The SMILES string of the molecule is CCCc1nc(NCCOC)c(N)c(OCCOC)n1. The van der Waals surface area contributed by atoms with Crippen molar-refractivity contribution in [3.8, 4) is 5.88 Å². The molecular formula is C13H24N4O3. The molecule has 1 aromatic heterocycles. The monoisotopic (exact) mass is 284 g/mol. The third-order valence-electron chi connectivity index (χ3n) is 2.56. The molecule has 0 saturated carbocycles. The van der Waals surface area contributed by atoms with Crippen molar-refractivity contribution in [2.45, 2.75) is 19.8 Å². The summed E-state index contributed by atoms with van der Waals surface area (Å²) in [7, 11) is 3.26. The molecule has 0 amide bonds. The van der Waals surface area contributed by atoms with Crippen LogP contribution in [0.5, 0.6) is 5.88 Å². The van der Waals surface area contributed by atoms with E-state index in [1.165, 1.54) is 0 Å². The molecule has 3 N–H and O–H groups in total. The van der Waals surface area contributed by atoms with E-state index in [1.807, 2.05) is 0 Å². The maximum atomic E-state index is 6.02. The molecule has 0 aliphatic rings. The van der Waals surface area contributed by atoms with Crippen molar-refractivity contribution in [2.24, 2.45) is 0 Å². The Morgan fingerprint density at radius 2 is 1.85 bits per heavy atom. The number of nitrogen functional groups attached to an aromatic ring is 1. The molecule has 0 aromatic carbocycles. The number of anilines is 2. The van der Waals surface area contributed by atoms with Gasteiger partial charge < -0.3 is 25.3 Å². The second-order valence-corrected chi connectivity index (χ2v) is 4.22. The topological polar surface area (TPSA) is 91.5 Å². The van der Waals surface area contributed by atoms with Gasteiger partial charge in [-0.05, 0) is 6.42 Å². The number of rotatable bonds is 10. The smallest absolute Gasteiger partial charge is 0.242 e. The highest BCUT2D eigenvalue weighted by atomic mass is 16.5. The molecule has 0 atom stereocenters. The molecule has 114 valence electrons. The summed E-state index contributed by atoms with van der Waals surface area (Å²) in [5.74, 6) is 1.71.